The number of rotatable bonds is 8. The molecule has 0 aliphatic rings. The van der Waals surface area contributed by atoms with E-state index >= 15 is 0 Å². The average Bonchev–Trinajstić information content (AvgIpc) is 2.27. The van der Waals surface area contributed by atoms with E-state index in [4.69, 9.17) is 0 Å². The maximum absolute atomic E-state index is 3.90. The quantitative estimate of drug-likeness (QED) is 0.374. The lowest BCUT2D eigenvalue weighted by atomic mass is 9.94. The molecular formula is C15H26. The lowest BCUT2D eigenvalue weighted by Crippen LogP contribution is -1.97. The molecule has 0 rings (SSSR count). The van der Waals surface area contributed by atoms with E-state index in [1.54, 1.807) is 0 Å². The minimum Gasteiger partial charge on any atom is -0.102 e. The topological polar surface area (TPSA) is 0 Å². The first-order valence-corrected chi connectivity index (χ1v) is 6.16. The van der Waals surface area contributed by atoms with Crippen LogP contribution in [0.15, 0.2) is 36.5 Å². The maximum atomic E-state index is 3.90. The molecule has 15 heavy (non-hydrogen) atoms. The van der Waals surface area contributed by atoms with Crippen LogP contribution in [0.1, 0.15) is 52.9 Å². The summed E-state index contributed by atoms with van der Waals surface area (Å²) in [7, 11) is 0. The van der Waals surface area contributed by atoms with Crippen molar-refractivity contribution in [3.63, 3.8) is 0 Å². The third-order valence-corrected chi connectivity index (χ3v) is 2.86. The van der Waals surface area contributed by atoms with Crippen LogP contribution in [0.2, 0.25) is 0 Å². The number of allylic oxidation sites excluding steroid dienone is 5. The zero-order valence-corrected chi connectivity index (χ0v) is 10.6. The monoisotopic (exact) mass is 206 g/mol. The van der Waals surface area contributed by atoms with Gasteiger partial charge in [-0.1, -0.05) is 43.2 Å². The van der Waals surface area contributed by atoms with Crippen molar-refractivity contribution in [2.75, 3.05) is 0 Å². The molecule has 0 aliphatic heterocycles. The molecule has 0 nitrogen and oxygen atoms in total. The van der Waals surface area contributed by atoms with Crippen molar-refractivity contribution < 1.29 is 0 Å². The molecule has 0 spiro atoms. The first-order chi connectivity index (χ1) is 7.26. The van der Waals surface area contributed by atoms with Gasteiger partial charge in [0.05, 0.1) is 0 Å². The van der Waals surface area contributed by atoms with E-state index in [0.29, 0.717) is 5.92 Å². The molecule has 0 heteroatoms. The lowest BCUT2D eigenvalue weighted by molar-refractivity contribution is 0.602. The van der Waals surface area contributed by atoms with Crippen LogP contribution in [0.4, 0.5) is 0 Å². The highest BCUT2D eigenvalue weighted by Crippen LogP contribution is 2.19. The molecule has 0 radical (unpaired) electrons. The fourth-order valence-electron chi connectivity index (χ4n) is 1.66. The summed E-state index contributed by atoms with van der Waals surface area (Å²) in [5.41, 5.74) is 1.45. The van der Waals surface area contributed by atoms with Gasteiger partial charge < -0.3 is 0 Å². The maximum Gasteiger partial charge on any atom is -0.00288 e. The van der Waals surface area contributed by atoms with E-state index in [1.807, 2.05) is 0 Å². The average molecular weight is 206 g/mol. The second-order valence-corrected chi connectivity index (χ2v) is 4.04. The van der Waals surface area contributed by atoms with Crippen LogP contribution in [0.25, 0.3) is 0 Å². The molecule has 0 saturated carbocycles. The van der Waals surface area contributed by atoms with Crippen LogP contribution in [0.5, 0.6) is 0 Å². The number of unbranched alkanes of at least 4 members (excludes halogenated alkanes) is 2. The number of hydrogen-bond donors (Lipinski definition) is 0. The molecule has 1 atom stereocenters. The van der Waals surface area contributed by atoms with Crippen molar-refractivity contribution in [2.45, 2.75) is 52.9 Å². The van der Waals surface area contributed by atoms with E-state index in [9.17, 15) is 0 Å². The highest BCUT2D eigenvalue weighted by Gasteiger charge is 2.04. The molecule has 0 amide bonds. The van der Waals surface area contributed by atoms with Crippen molar-refractivity contribution >= 4 is 0 Å². The van der Waals surface area contributed by atoms with Gasteiger partial charge in [-0.2, -0.15) is 0 Å². The Bertz CT molecular complexity index is 208. The highest BCUT2D eigenvalue weighted by atomic mass is 14.1. The molecule has 0 aromatic rings. The van der Waals surface area contributed by atoms with Crippen LogP contribution < -0.4 is 0 Å². The molecule has 0 fully saturated rings. The van der Waals surface area contributed by atoms with E-state index in [2.05, 4.69) is 51.7 Å². The van der Waals surface area contributed by atoms with Crippen molar-refractivity contribution in [1.29, 1.82) is 0 Å². The van der Waals surface area contributed by atoms with Crippen LogP contribution in [-0.4, -0.2) is 0 Å². The molecule has 0 bridgehead atoms. The SMILES string of the molecule is C=CC(CCCCC=CCC)C(C)=CC. The predicted molar refractivity (Wildman–Crippen MR) is 71.0 cm³/mol. The molecular weight excluding hydrogens is 180 g/mol. The smallest absolute Gasteiger partial charge is 0.00288 e. The van der Waals surface area contributed by atoms with Gasteiger partial charge in [0.15, 0.2) is 0 Å². The minimum absolute atomic E-state index is 0.588. The Kier molecular flexibility index (Phi) is 9.26. The van der Waals surface area contributed by atoms with Gasteiger partial charge in [0, 0.05) is 0 Å². The highest BCUT2D eigenvalue weighted by molar-refractivity contribution is 5.08. The van der Waals surface area contributed by atoms with Gasteiger partial charge in [-0.25, -0.2) is 0 Å². The Morgan fingerprint density at radius 3 is 2.53 bits per heavy atom. The molecule has 0 aromatic heterocycles. The second kappa shape index (κ2) is 9.76. The fraction of sp³-hybridized carbons (Fsp3) is 0.600. The summed E-state index contributed by atoms with van der Waals surface area (Å²) >= 11 is 0. The molecule has 1 unspecified atom stereocenters. The lowest BCUT2D eigenvalue weighted by Gasteiger charge is -2.12. The summed E-state index contributed by atoms with van der Waals surface area (Å²) in [6.45, 7) is 10.4. The number of hydrogen-bond acceptors (Lipinski definition) is 0. The summed E-state index contributed by atoms with van der Waals surface area (Å²) in [4.78, 5) is 0. The molecule has 0 aliphatic carbocycles. The summed E-state index contributed by atoms with van der Waals surface area (Å²) in [5.74, 6) is 0.588. The van der Waals surface area contributed by atoms with Crippen LogP contribution in [0, 0.1) is 5.92 Å². The third-order valence-electron chi connectivity index (χ3n) is 2.86. The van der Waals surface area contributed by atoms with E-state index < -0.39 is 0 Å². The third kappa shape index (κ3) is 7.18. The van der Waals surface area contributed by atoms with E-state index in [1.165, 1.54) is 31.3 Å². The normalized spacial score (nSPS) is 14.5. The first kappa shape index (κ1) is 14.2. The second-order valence-electron chi connectivity index (χ2n) is 4.04. The van der Waals surface area contributed by atoms with Crippen molar-refractivity contribution in [3.05, 3.63) is 36.5 Å². The van der Waals surface area contributed by atoms with Gasteiger partial charge in [0.2, 0.25) is 0 Å². The summed E-state index contributed by atoms with van der Waals surface area (Å²) in [5, 5.41) is 0. The minimum atomic E-state index is 0.588. The Morgan fingerprint density at radius 2 is 2.00 bits per heavy atom. The van der Waals surface area contributed by atoms with Gasteiger partial charge in [-0.15, -0.1) is 6.58 Å². The molecule has 0 saturated heterocycles. The summed E-state index contributed by atoms with van der Waals surface area (Å²) < 4.78 is 0. The zero-order chi connectivity index (χ0) is 11.5. The van der Waals surface area contributed by atoms with Gasteiger partial charge in [0.25, 0.3) is 0 Å². The van der Waals surface area contributed by atoms with Gasteiger partial charge in [-0.05, 0) is 45.4 Å². The van der Waals surface area contributed by atoms with Gasteiger partial charge in [0.1, 0.15) is 0 Å². The summed E-state index contributed by atoms with van der Waals surface area (Å²) in [6.07, 6.45) is 15.1. The van der Waals surface area contributed by atoms with Gasteiger partial charge in [-0.3, -0.25) is 0 Å². The van der Waals surface area contributed by atoms with Crippen molar-refractivity contribution in [2.24, 2.45) is 5.92 Å². The van der Waals surface area contributed by atoms with Crippen molar-refractivity contribution in [1.82, 2.24) is 0 Å². The van der Waals surface area contributed by atoms with Crippen LogP contribution >= 0.6 is 0 Å². The Labute approximate surface area is 95.8 Å². The molecule has 0 aromatic carbocycles. The molecule has 0 heterocycles. The van der Waals surface area contributed by atoms with Crippen LogP contribution in [0.3, 0.4) is 0 Å². The van der Waals surface area contributed by atoms with Crippen molar-refractivity contribution in [3.8, 4) is 0 Å². The zero-order valence-electron chi connectivity index (χ0n) is 10.6. The van der Waals surface area contributed by atoms with Crippen LogP contribution in [-0.2, 0) is 0 Å². The van der Waals surface area contributed by atoms with Gasteiger partial charge >= 0.3 is 0 Å². The fourth-order valence-corrected chi connectivity index (χ4v) is 1.66. The Balaban J connectivity index is 3.64. The standard InChI is InChI=1S/C15H26/c1-5-8-9-10-11-12-13-15(7-3)14(4)6-2/h6-9,15H,3,5,10-13H2,1-2,4H3. The molecule has 0 N–H and O–H groups in total. The predicted octanol–water partition coefficient (Wildman–Crippen LogP) is 5.28. The molecule has 86 valence electrons. The first-order valence-electron chi connectivity index (χ1n) is 6.16. The van der Waals surface area contributed by atoms with E-state index in [-0.39, 0.29) is 0 Å². The van der Waals surface area contributed by atoms with E-state index in [0.717, 1.165) is 6.42 Å². The largest absolute Gasteiger partial charge is 0.102 e. The Hall–Kier alpha value is -0.780. The summed E-state index contributed by atoms with van der Waals surface area (Å²) in [6, 6.07) is 0. The Morgan fingerprint density at radius 1 is 1.27 bits per heavy atom.